The maximum absolute atomic E-state index is 12.8. The van der Waals surface area contributed by atoms with Gasteiger partial charge in [0.15, 0.2) is 6.10 Å². The molecule has 0 saturated heterocycles. The molecule has 0 saturated carbocycles. The van der Waals surface area contributed by atoms with Gasteiger partial charge in [-0.3, -0.25) is 9.59 Å². The maximum atomic E-state index is 12.8. The van der Waals surface area contributed by atoms with E-state index in [1.54, 1.807) is 0 Å². The molecule has 0 amide bonds. The fraction of sp³-hybridized carbons (Fsp3) is 0.712. The van der Waals surface area contributed by atoms with E-state index >= 15 is 0 Å². The number of nitrogens with zero attached hydrogens (tertiary/aromatic N) is 1. The summed E-state index contributed by atoms with van der Waals surface area (Å²) >= 11 is 0. The van der Waals surface area contributed by atoms with E-state index in [1.165, 1.54) is 89.9 Å². The summed E-state index contributed by atoms with van der Waals surface area (Å²) in [6.07, 6.45) is 51.1. The molecular formula is C52H90NO8+. The summed E-state index contributed by atoms with van der Waals surface area (Å²) in [7, 11) is 5.93. The van der Waals surface area contributed by atoms with Crippen molar-refractivity contribution in [2.45, 2.75) is 193 Å². The first-order chi connectivity index (χ1) is 29.6. The molecular weight excluding hydrogens is 767 g/mol. The van der Waals surface area contributed by atoms with Crippen molar-refractivity contribution in [3.05, 3.63) is 72.9 Å². The summed E-state index contributed by atoms with van der Waals surface area (Å²) in [5, 5.41) is 9.65. The highest BCUT2D eigenvalue weighted by Crippen LogP contribution is 2.14. The number of carboxylic acids is 1. The molecule has 0 radical (unpaired) electrons. The van der Waals surface area contributed by atoms with Gasteiger partial charge in [-0.25, -0.2) is 4.79 Å². The van der Waals surface area contributed by atoms with Gasteiger partial charge in [-0.05, 0) is 77.0 Å². The number of quaternary nitrogens is 1. The van der Waals surface area contributed by atoms with Crippen LogP contribution in [0.2, 0.25) is 0 Å². The Labute approximate surface area is 373 Å². The number of carboxylic acid groups (broad SMARTS) is 1. The molecule has 0 aromatic rings. The molecule has 0 aromatic heterocycles. The molecule has 2 unspecified atom stereocenters. The normalized spacial score (nSPS) is 13.5. The van der Waals surface area contributed by atoms with E-state index < -0.39 is 24.3 Å². The fourth-order valence-corrected chi connectivity index (χ4v) is 6.22. The topological polar surface area (TPSA) is 108 Å². The Bertz CT molecular complexity index is 1230. The molecule has 0 bridgehead atoms. The fourth-order valence-electron chi connectivity index (χ4n) is 6.22. The largest absolute Gasteiger partial charge is 0.477 e. The zero-order valence-corrected chi connectivity index (χ0v) is 39.5. The molecule has 0 aliphatic rings. The summed E-state index contributed by atoms with van der Waals surface area (Å²) < 4.78 is 22.7. The van der Waals surface area contributed by atoms with Crippen LogP contribution in [0.5, 0.6) is 0 Å². The minimum absolute atomic E-state index is 0.174. The van der Waals surface area contributed by atoms with Gasteiger partial charge in [0.05, 0.1) is 34.4 Å². The second-order valence-electron chi connectivity index (χ2n) is 17.0. The van der Waals surface area contributed by atoms with Gasteiger partial charge in [0.25, 0.3) is 6.29 Å². The molecule has 2 atom stereocenters. The quantitative estimate of drug-likeness (QED) is 0.0212. The van der Waals surface area contributed by atoms with Crippen molar-refractivity contribution in [2.75, 3.05) is 47.5 Å². The minimum Gasteiger partial charge on any atom is -0.477 e. The van der Waals surface area contributed by atoms with Crippen molar-refractivity contribution in [2.24, 2.45) is 0 Å². The van der Waals surface area contributed by atoms with E-state index in [9.17, 15) is 19.5 Å². The molecule has 0 aliphatic carbocycles. The number of unbranched alkanes of at least 4 members (excludes halogenated alkanes) is 16. The number of hydrogen-bond donors (Lipinski definition) is 1. The van der Waals surface area contributed by atoms with E-state index in [4.69, 9.17) is 18.9 Å². The molecule has 61 heavy (non-hydrogen) atoms. The van der Waals surface area contributed by atoms with E-state index in [2.05, 4.69) is 86.8 Å². The van der Waals surface area contributed by atoms with Gasteiger partial charge >= 0.3 is 17.9 Å². The Kier molecular flexibility index (Phi) is 41.1. The Balaban J connectivity index is 4.48. The van der Waals surface area contributed by atoms with Crippen LogP contribution in [0.15, 0.2) is 72.9 Å². The predicted octanol–water partition coefficient (Wildman–Crippen LogP) is 13.1. The van der Waals surface area contributed by atoms with Crippen LogP contribution in [0.3, 0.4) is 0 Å². The lowest BCUT2D eigenvalue weighted by Gasteiger charge is -2.25. The molecule has 0 heterocycles. The molecule has 9 nitrogen and oxygen atoms in total. The number of rotatable bonds is 43. The van der Waals surface area contributed by atoms with Gasteiger partial charge in [-0.1, -0.05) is 164 Å². The average Bonchev–Trinajstić information content (AvgIpc) is 3.22. The molecule has 0 rings (SSSR count). The lowest BCUT2D eigenvalue weighted by molar-refractivity contribution is -0.870. The summed E-state index contributed by atoms with van der Waals surface area (Å²) in [6, 6.07) is 0. The van der Waals surface area contributed by atoms with Gasteiger partial charge in [-0.15, -0.1) is 0 Å². The van der Waals surface area contributed by atoms with Gasteiger partial charge in [0.2, 0.25) is 0 Å². The van der Waals surface area contributed by atoms with Crippen molar-refractivity contribution in [1.82, 2.24) is 0 Å². The van der Waals surface area contributed by atoms with Crippen molar-refractivity contribution in [1.29, 1.82) is 0 Å². The van der Waals surface area contributed by atoms with Gasteiger partial charge in [0, 0.05) is 12.8 Å². The molecule has 1 N–H and O–H groups in total. The predicted molar refractivity (Wildman–Crippen MR) is 253 cm³/mol. The monoisotopic (exact) mass is 857 g/mol. The Morgan fingerprint density at radius 2 is 0.951 bits per heavy atom. The van der Waals surface area contributed by atoms with Crippen molar-refractivity contribution in [3.63, 3.8) is 0 Å². The van der Waals surface area contributed by atoms with Crippen LogP contribution in [0.25, 0.3) is 0 Å². The Morgan fingerprint density at radius 1 is 0.508 bits per heavy atom. The molecule has 0 aliphatic heterocycles. The number of carbonyl (C=O) groups is 3. The van der Waals surface area contributed by atoms with Crippen LogP contribution < -0.4 is 0 Å². The lowest BCUT2D eigenvalue weighted by atomic mass is 10.1. The molecule has 350 valence electrons. The van der Waals surface area contributed by atoms with Crippen molar-refractivity contribution < 1.29 is 42.9 Å². The first kappa shape index (κ1) is 57.7. The summed E-state index contributed by atoms with van der Waals surface area (Å²) in [5.41, 5.74) is 0. The summed E-state index contributed by atoms with van der Waals surface area (Å²) in [4.78, 5) is 37.2. The second kappa shape index (κ2) is 43.4. The van der Waals surface area contributed by atoms with Crippen LogP contribution in [0.1, 0.15) is 181 Å². The third-order valence-electron chi connectivity index (χ3n) is 9.95. The number of allylic oxidation sites excluding steroid dienone is 12. The Morgan fingerprint density at radius 3 is 1.46 bits per heavy atom. The van der Waals surface area contributed by atoms with Crippen LogP contribution in [-0.2, 0) is 33.3 Å². The zero-order chi connectivity index (χ0) is 44.9. The van der Waals surface area contributed by atoms with Crippen molar-refractivity contribution in [3.8, 4) is 0 Å². The summed E-state index contributed by atoms with van der Waals surface area (Å²) in [5.74, 6) is -2.10. The molecule has 0 aromatic carbocycles. The van der Waals surface area contributed by atoms with Crippen LogP contribution in [-0.4, -0.2) is 87.4 Å². The standard InChI is InChI=1S/C52H89NO8/c1-6-8-10-12-14-16-18-20-22-24-25-27-28-30-32-34-36-38-40-42-49(54)59-46-48(47-60-52(51(56)57)58-45-44-53(3,4)5)61-50(55)43-41-39-37-35-33-31-29-26-23-21-19-17-15-13-11-9-7-2/h9,11,15,17,20-23,29,31,35,37,48,52H,6-8,10,12-14,16,18-19,24-28,30,32-34,36,38-47H2,1-5H3/p+1/b11-9-,17-15-,22-20-,23-21-,31-29-,37-35-. The third kappa shape index (κ3) is 44.6. The van der Waals surface area contributed by atoms with E-state index in [1.807, 2.05) is 21.1 Å². The first-order valence-corrected chi connectivity index (χ1v) is 24.1. The van der Waals surface area contributed by atoms with Gasteiger partial charge in [-0.2, -0.15) is 0 Å². The lowest BCUT2D eigenvalue weighted by Crippen LogP contribution is -2.40. The number of aliphatic carboxylic acids is 1. The average molecular weight is 857 g/mol. The minimum atomic E-state index is -1.53. The van der Waals surface area contributed by atoms with Gasteiger partial charge < -0.3 is 28.5 Å². The van der Waals surface area contributed by atoms with Crippen LogP contribution in [0.4, 0.5) is 0 Å². The number of hydrogen-bond acceptors (Lipinski definition) is 7. The highest BCUT2D eigenvalue weighted by molar-refractivity contribution is 5.71. The SMILES string of the molecule is CC/C=C\C/C=C\C/C=C\C/C=C\C/C=C\CCCC(=O)OC(COC(=O)CCCCCCCCCCC/C=C\CCCCCCCC)COC(OCC[N+](C)(C)C)C(=O)O. The van der Waals surface area contributed by atoms with E-state index in [-0.39, 0.29) is 38.6 Å². The maximum Gasteiger partial charge on any atom is 0.361 e. The molecule has 9 heteroatoms. The third-order valence-corrected chi connectivity index (χ3v) is 9.95. The highest BCUT2D eigenvalue weighted by Gasteiger charge is 2.25. The van der Waals surface area contributed by atoms with Crippen molar-refractivity contribution >= 4 is 17.9 Å². The van der Waals surface area contributed by atoms with Gasteiger partial charge in [0.1, 0.15) is 13.2 Å². The molecule has 0 fully saturated rings. The number of esters is 2. The summed E-state index contributed by atoms with van der Waals surface area (Å²) in [6.45, 7) is 4.68. The zero-order valence-electron chi connectivity index (χ0n) is 39.5. The second-order valence-corrected chi connectivity index (χ2v) is 17.0. The number of ether oxygens (including phenoxy) is 4. The number of likely N-dealkylation sites (N-methyl/N-ethyl adjacent to an activating group) is 1. The smallest absolute Gasteiger partial charge is 0.361 e. The highest BCUT2D eigenvalue weighted by atomic mass is 16.7. The Hall–Kier alpha value is -3.27. The first-order valence-electron chi connectivity index (χ1n) is 24.1. The molecule has 0 spiro atoms. The van der Waals surface area contributed by atoms with E-state index in [0.29, 0.717) is 17.4 Å². The van der Waals surface area contributed by atoms with Crippen LogP contribution >= 0.6 is 0 Å². The van der Waals surface area contributed by atoms with E-state index in [0.717, 1.165) is 57.8 Å². The number of carbonyl (C=O) groups excluding carboxylic acids is 2. The van der Waals surface area contributed by atoms with Crippen LogP contribution in [0, 0.1) is 0 Å².